The van der Waals surface area contributed by atoms with E-state index in [1.807, 2.05) is 30.8 Å². The Morgan fingerprint density at radius 2 is 2.16 bits per heavy atom. The van der Waals surface area contributed by atoms with Gasteiger partial charge in [0.25, 0.3) is 0 Å². The zero-order valence-corrected chi connectivity index (χ0v) is 11.4. The number of nitrogens with zero attached hydrogens (tertiary/aromatic N) is 2. The molecular weight excluding hydrogens is 241 g/mol. The molecular formula is C15H20FN3. The summed E-state index contributed by atoms with van der Waals surface area (Å²) in [7, 11) is 1.92. The van der Waals surface area contributed by atoms with Gasteiger partial charge in [-0.15, -0.1) is 0 Å². The van der Waals surface area contributed by atoms with Crippen molar-refractivity contribution in [2.45, 2.75) is 31.7 Å². The smallest absolute Gasteiger partial charge is 0.123 e. The fourth-order valence-corrected chi connectivity index (χ4v) is 2.32. The fourth-order valence-electron chi connectivity index (χ4n) is 2.32. The number of hydrogen-bond donors (Lipinski definition) is 1. The number of aryl methyl sites for hydroxylation is 2. The minimum absolute atomic E-state index is 0.235. The molecule has 1 heterocycles. The highest BCUT2D eigenvalue weighted by molar-refractivity contribution is 5.25. The molecule has 4 heteroatoms. The molecule has 2 N–H and O–H groups in total. The third-order valence-corrected chi connectivity index (χ3v) is 3.78. The summed E-state index contributed by atoms with van der Waals surface area (Å²) in [5, 5.41) is 4.15. The molecule has 102 valence electrons. The Balaban J connectivity index is 2.16. The van der Waals surface area contributed by atoms with Crippen LogP contribution in [0.15, 0.2) is 36.5 Å². The van der Waals surface area contributed by atoms with E-state index in [4.69, 9.17) is 5.73 Å². The number of rotatable bonds is 5. The molecule has 19 heavy (non-hydrogen) atoms. The molecule has 1 aromatic heterocycles. The van der Waals surface area contributed by atoms with Crippen LogP contribution in [-0.4, -0.2) is 9.78 Å². The first-order valence-electron chi connectivity index (χ1n) is 6.57. The number of hydrogen-bond acceptors (Lipinski definition) is 2. The van der Waals surface area contributed by atoms with Gasteiger partial charge in [-0.25, -0.2) is 4.39 Å². The van der Waals surface area contributed by atoms with Gasteiger partial charge in [-0.05, 0) is 43.0 Å². The van der Waals surface area contributed by atoms with Crippen LogP contribution >= 0.6 is 0 Å². The van der Waals surface area contributed by atoms with Gasteiger partial charge >= 0.3 is 0 Å². The Labute approximate surface area is 113 Å². The quantitative estimate of drug-likeness (QED) is 0.899. The van der Waals surface area contributed by atoms with Crippen LogP contribution in [0.3, 0.4) is 0 Å². The Morgan fingerprint density at radius 3 is 2.74 bits per heavy atom. The van der Waals surface area contributed by atoms with Gasteiger partial charge in [0.05, 0.1) is 0 Å². The predicted octanol–water partition coefficient (Wildman–Crippen LogP) is 2.76. The SMILES string of the molecule is CCC(N)(CCc1ccnn1C)c1cccc(F)c1. The van der Waals surface area contributed by atoms with Crippen LogP contribution in [0.25, 0.3) is 0 Å². The Morgan fingerprint density at radius 1 is 1.37 bits per heavy atom. The van der Waals surface area contributed by atoms with E-state index in [9.17, 15) is 4.39 Å². The van der Waals surface area contributed by atoms with Crippen LogP contribution in [0, 0.1) is 5.82 Å². The van der Waals surface area contributed by atoms with Gasteiger partial charge in [0, 0.05) is 24.5 Å². The predicted molar refractivity (Wildman–Crippen MR) is 74.1 cm³/mol. The van der Waals surface area contributed by atoms with Crippen LogP contribution in [0.4, 0.5) is 4.39 Å². The number of nitrogens with two attached hydrogens (primary N) is 1. The Bertz CT molecular complexity index is 550. The molecule has 3 nitrogen and oxygen atoms in total. The zero-order chi connectivity index (χ0) is 13.9. The summed E-state index contributed by atoms with van der Waals surface area (Å²) in [5.74, 6) is -0.235. The third-order valence-electron chi connectivity index (χ3n) is 3.78. The second kappa shape index (κ2) is 5.53. The van der Waals surface area contributed by atoms with Gasteiger partial charge in [-0.3, -0.25) is 4.68 Å². The van der Waals surface area contributed by atoms with Gasteiger partial charge in [-0.2, -0.15) is 5.10 Å². The van der Waals surface area contributed by atoms with E-state index in [2.05, 4.69) is 5.10 Å². The maximum Gasteiger partial charge on any atom is 0.123 e. The minimum atomic E-state index is -0.494. The Hall–Kier alpha value is -1.68. The second-order valence-electron chi connectivity index (χ2n) is 4.97. The van der Waals surface area contributed by atoms with Crippen molar-refractivity contribution in [2.75, 3.05) is 0 Å². The topological polar surface area (TPSA) is 43.8 Å². The lowest BCUT2D eigenvalue weighted by Crippen LogP contribution is -2.36. The molecule has 0 amide bonds. The van der Waals surface area contributed by atoms with Crippen molar-refractivity contribution in [2.24, 2.45) is 12.8 Å². The molecule has 0 aliphatic heterocycles. The van der Waals surface area contributed by atoms with Crippen LogP contribution in [0.5, 0.6) is 0 Å². The van der Waals surface area contributed by atoms with Crippen LogP contribution < -0.4 is 5.73 Å². The molecule has 0 bridgehead atoms. The molecule has 2 rings (SSSR count). The van der Waals surface area contributed by atoms with Gasteiger partial charge in [0.15, 0.2) is 0 Å². The molecule has 2 aromatic rings. The third kappa shape index (κ3) is 3.01. The molecule has 0 saturated carbocycles. The Kier molecular flexibility index (Phi) is 4.00. The summed E-state index contributed by atoms with van der Waals surface area (Å²) < 4.78 is 15.2. The van der Waals surface area contributed by atoms with E-state index in [0.29, 0.717) is 0 Å². The first-order valence-corrected chi connectivity index (χ1v) is 6.57. The highest BCUT2D eigenvalue weighted by Gasteiger charge is 2.25. The first-order chi connectivity index (χ1) is 9.05. The summed E-state index contributed by atoms with van der Waals surface area (Å²) in [6, 6.07) is 8.58. The average Bonchev–Trinajstić information content (AvgIpc) is 2.81. The number of halogens is 1. The van der Waals surface area contributed by atoms with Crippen molar-refractivity contribution in [1.82, 2.24) is 9.78 Å². The van der Waals surface area contributed by atoms with E-state index < -0.39 is 5.54 Å². The van der Waals surface area contributed by atoms with E-state index in [1.54, 1.807) is 12.3 Å². The lowest BCUT2D eigenvalue weighted by atomic mass is 9.83. The van der Waals surface area contributed by atoms with E-state index >= 15 is 0 Å². The van der Waals surface area contributed by atoms with Crippen molar-refractivity contribution in [3.8, 4) is 0 Å². The van der Waals surface area contributed by atoms with Crippen molar-refractivity contribution in [3.63, 3.8) is 0 Å². The van der Waals surface area contributed by atoms with Crippen molar-refractivity contribution >= 4 is 0 Å². The summed E-state index contributed by atoms with van der Waals surface area (Å²) in [5.41, 5.74) is 7.96. The van der Waals surface area contributed by atoms with Gasteiger partial charge in [0.1, 0.15) is 5.82 Å². The van der Waals surface area contributed by atoms with Crippen LogP contribution in [0.2, 0.25) is 0 Å². The first kappa shape index (κ1) is 13.7. The van der Waals surface area contributed by atoms with Crippen molar-refractivity contribution in [3.05, 3.63) is 53.6 Å². The molecule has 0 spiro atoms. The maximum absolute atomic E-state index is 13.3. The van der Waals surface area contributed by atoms with E-state index in [-0.39, 0.29) is 5.82 Å². The molecule has 1 atom stereocenters. The van der Waals surface area contributed by atoms with Crippen LogP contribution in [-0.2, 0) is 19.0 Å². The van der Waals surface area contributed by atoms with Crippen LogP contribution in [0.1, 0.15) is 31.0 Å². The number of benzene rings is 1. The van der Waals surface area contributed by atoms with Crippen molar-refractivity contribution < 1.29 is 4.39 Å². The molecule has 0 aliphatic rings. The highest BCUT2D eigenvalue weighted by Crippen LogP contribution is 2.27. The van der Waals surface area contributed by atoms with Gasteiger partial charge in [-0.1, -0.05) is 19.1 Å². The lowest BCUT2D eigenvalue weighted by Gasteiger charge is -2.29. The summed E-state index contributed by atoms with van der Waals surface area (Å²) in [6.45, 7) is 2.04. The van der Waals surface area contributed by atoms with Crippen molar-refractivity contribution in [1.29, 1.82) is 0 Å². The normalized spacial score (nSPS) is 14.3. The molecule has 0 fully saturated rings. The van der Waals surface area contributed by atoms with Gasteiger partial charge < -0.3 is 5.73 Å². The van der Waals surface area contributed by atoms with E-state index in [1.165, 1.54) is 12.1 Å². The fraction of sp³-hybridized carbons (Fsp3) is 0.400. The molecule has 0 saturated heterocycles. The summed E-state index contributed by atoms with van der Waals surface area (Å²) in [6.07, 6.45) is 4.15. The summed E-state index contributed by atoms with van der Waals surface area (Å²) in [4.78, 5) is 0. The maximum atomic E-state index is 13.3. The minimum Gasteiger partial charge on any atom is -0.321 e. The molecule has 0 aliphatic carbocycles. The monoisotopic (exact) mass is 261 g/mol. The highest BCUT2D eigenvalue weighted by atomic mass is 19.1. The van der Waals surface area contributed by atoms with E-state index in [0.717, 1.165) is 30.5 Å². The summed E-state index contributed by atoms with van der Waals surface area (Å²) >= 11 is 0. The largest absolute Gasteiger partial charge is 0.321 e. The molecule has 0 radical (unpaired) electrons. The molecule has 1 unspecified atom stereocenters. The standard InChI is InChI=1S/C15H20FN3/c1-3-15(17,12-5-4-6-13(16)11-12)9-7-14-8-10-18-19(14)2/h4-6,8,10-11H,3,7,9,17H2,1-2H3. The second-order valence-corrected chi connectivity index (χ2v) is 4.97. The van der Waals surface area contributed by atoms with Gasteiger partial charge in [0.2, 0.25) is 0 Å². The molecule has 1 aromatic carbocycles. The average molecular weight is 261 g/mol. The number of aromatic nitrogens is 2. The zero-order valence-electron chi connectivity index (χ0n) is 11.4. The lowest BCUT2D eigenvalue weighted by molar-refractivity contribution is 0.388.